The van der Waals surface area contributed by atoms with Crippen molar-refractivity contribution in [2.75, 3.05) is 44.2 Å². The van der Waals surface area contributed by atoms with E-state index in [1.165, 1.54) is 0 Å². The third kappa shape index (κ3) is 5.29. The molecule has 0 saturated carbocycles. The van der Waals surface area contributed by atoms with Gasteiger partial charge >= 0.3 is 0 Å². The Hall–Kier alpha value is -2.90. The van der Waals surface area contributed by atoms with Crippen molar-refractivity contribution in [3.8, 4) is 0 Å². The quantitative estimate of drug-likeness (QED) is 0.688. The molecule has 2 fully saturated rings. The van der Waals surface area contributed by atoms with E-state index in [9.17, 15) is 9.59 Å². The zero-order valence-corrected chi connectivity index (χ0v) is 19.1. The predicted molar refractivity (Wildman–Crippen MR) is 121 cm³/mol. The van der Waals surface area contributed by atoms with Crippen LogP contribution in [0.4, 0.5) is 5.82 Å². The number of piperazine rings is 1. The van der Waals surface area contributed by atoms with Crippen LogP contribution in [0.25, 0.3) is 0 Å². The van der Waals surface area contributed by atoms with Gasteiger partial charge in [-0.2, -0.15) is 0 Å². The van der Waals surface area contributed by atoms with Crippen LogP contribution >= 0.6 is 0 Å². The van der Waals surface area contributed by atoms with Gasteiger partial charge in [0.15, 0.2) is 0 Å². The number of carbonyl (C=O) groups is 2. The average Bonchev–Trinajstić information content (AvgIpc) is 3.15. The molecule has 0 aromatic carbocycles. The molecule has 32 heavy (non-hydrogen) atoms. The van der Waals surface area contributed by atoms with Gasteiger partial charge in [-0.1, -0.05) is 11.2 Å². The molecule has 4 heterocycles. The second-order valence-corrected chi connectivity index (χ2v) is 8.92. The van der Waals surface area contributed by atoms with Gasteiger partial charge in [0, 0.05) is 57.4 Å². The highest BCUT2D eigenvalue weighted by Crippen LogP contribution is 2.23. The SMILES string of the molecule is Cc1noc(C)c1CC(=O)N1CCC[C@@H](CCC(=O)N2CCN(c3ccccn3)CC2)C1. The fraction of sp³-hybridized carbons (Fsp3) is 0.583. The lowest BCUT2D eigenvalue weighted by Crippen LogP contribution is -2.49. The van der Waals surface area contributed by atoms with Crippen LogP contribution in [0.15, 0.2) is 28.9 Å². The molecule has 2 aromatic rings. The number of rotatable bonds is 6. The van der Waals surface area contributed by atoms with Crippen LogP contribution in [0.5, 0.6) is 0 Å². The number of piperidine rings is 1. The summed E-state index contributed by atoms with van der Waals surface area (Å²) in [6.45, 7) is 8.37. The minimum Gasteiger partial charge on any atom is -0.361 e. The number of nitrogens with zero attached hydrogens (tertiary/aromatic N) is 5. The summed E-state index contributed by atoms with van der Waals surface area (Å²) in [5.41, 5.74) is 1.69. The maximum Gasteiger partial charge on any atom is 0.227 e. The molecule has 8 heteroatoms. The summed E-state index contributed by atoms with van der Waals surface area (Å²) in [4.78, 5) is 36.2. The van der Waals surface area contributed by atoms with Crippen LogP contribution in [0.2, 0.25) is 0 Å². The number of amides is 2. The van der Waals surface area contributed by atoms with Gasteiger partial charge in [0.05, 0.1) is 12.1 Å². The van der Waals surface area contributed by atoms with E-state index in [1.807, 2.05) is 41.8 Å². The molecule has 2 saturated heterocycles. The van der Waals surface area contributed by atoms with Crippen molar-refractivity contribution in [1.29, 1.82) is 0 Å². The molecule has 2 amide bonds. The van der Waals surface area contributed by atoms with E-state index in [2.05, 4.69) is 15.0 Å². The molecule has 0 bridgehead atoms. The highest BCUT2D eigenvalue weighted by atomic mass is 16.5. The predicted octanol–water partition coefficient (Wildman–Crippen LogP) is 2.60. The van der Waals surface area contributed by atoms with E-state index >= 15 is 0 Å². The third-order valence-electron chi connectivity index (χ3n) is 6.75. The number of carbonyl (C=O) groups excluding carboxylic acids is 2. The van der Waals surface area contributed by atoms with Crippen LogP contribution in [0.3, 0.4) is 0 Å². The molecule has 2 aliphatic heterocycles. The normalized spacial score (nSPS) is 19.3. The minimum atomic E-state index is 0.126. The number of pyridine rings is 1. The fourth-order valence-electron chi connectivity index (χ4n) is 4.76. The molecular weight excluding hydrogens is 406 g/mol. The summed E-state index contributed by atoms with van der Waals surface area (Å²) in [6, 6.07) is 5.92. The van der Waals surface area contributed by atoms with Gasteiger partial charge in [-0.25, -0.2) is 4.98 Å². The first-order valence-electron chi connectivity index (χ1n) is 11.6. The maximum absolute atomic E-state index is 12.8. The van der Waals surface area contributed by atoms with Crippen molar-refractivity contribution >= 4 is 17.6 Å². The molecule has 1 atom stereocenters. The Morgan fingerprint density at radius 2 is 1.88 bits per heavy atom. The van der Waals surface area contributed by atoms with Gasteiger partial charge in [-0.05, 0) is 51.2 Å². The molecule has 0 N–H and O–H groups in total. The van der Waals surface area contributed by atoms with Gasteiger partial charge < -0.3 is 19.2 Å². The first-order valence-corrected chi connectivity index (χ1v) is 11.6. The monoisotopic (exact) mass is 439 g/mol. The van der Waals surface area contributed by atoms with E-state index in [1.54, 1.807) is 6.20 Å². The van der Waals surface area contributed by atoms with Crippen LogP contribution in [-0.4, -0.2) is 71.0 Å². The van der Waals surface area contributed by atoms with Crippen molar-refractivity contribution in [2.45, 2.75) is 46.0 Å². The van der Waals surface area contributed by atoms with Crippen molar-refractivity contribution in [3.63, 3.8) is 0 Å². The third-order valence-corrected chi connectivity index (χ3v) is 6.75. The van der Waals surface area contributed by atoms with Crippen LogP contribution in [0, 0.1) is 19.8 Å². The van der Waals surface area contributed by atoms with Crippen molar-refractivity contribution in [2.24, 2.45) is 5.92 Å². The van der Waals surface area contributed by atoms with Gasteiger partial charge in [0.25, 0.3) is 0 Å². The number of anilines is 1. The van der Waals surface area contributed by atoms with Gasteiger partial charge in [0.2, 0.25) is 11.8 Å². The van der Waals surface area contributed by atoms with E-state index in [4.69, 9.17) is 4.52 Å². The summed E-state index contributed by atoms with van der Waals surface area (Å²) in [6.07, 6.45) is 5.62. The summed E-state index contributed by atoms with van der Waals surface area (Å²) >= 11 is 0. The zero-order valence-electron chi connectivity index (χ0n) is 19.1. The molecule has 8 nitrogen and oxygen atoms in total. The van der Waals surface area contributed by atoms with Crippen LogP contribution < -0.4 is 4.90 Å². The van der Waals surface area contributed by atoms with E-state index in [0.717, 1.165) is 81.4 Å². The Balaban J connectivity index is 1.22. The molecular formula is C24H33N5O3. The number of likely N-dealkylation sites (tertiary alicyclic amines) is 1. The van der Waals surface area contributed by atoms with Gasteiger partial charge in [-0.3, -0.25) is 9.59 Å². The van der Waals surface area contributed by atoms with Gasteiger partial charge in [-0.15, -0.1) is 0 Å². The Bertz CT molecular complexity index is 901. The smallest absolute Gasteiger partial charge is 0.227 e. The summed E-state index contributed by atoms with van der Waals surface area (Å²) < 4.78 is 5.19. The zero-order chi connectivity index (χ0) is 22.5. The topological polar surface area (TPSA) is 82.8 Å². The van der Waals surface area contributed by atoms with E-state index in [0.29, 0.717) is 18.8 Å². The van der Waals surface area contributed by atoms with Crippen molar-refractivity contribution < 1.29 is 14.1 Å². The fourth-order valence-corrected chi connectivity index (χ4v) is 4.76. The Labute approximate surface area is 189 Å². The molecule has 2 aliphatic rings. The number of aromatic nitrogens is 2. The lowest BCUT2D eigenvalue weighted by atomic mass is 9.92. The first-order chi connectivity index (χ1) is 15.5. The minimum absolute atomic E-state index is 0.126. The van der Waals surface area contributed by atoms with E-state index in [-0.39, 0.29) is 11.8 Å². The Kier molecular flexibility index (Phi) is 7.07. The van der Waals surface area contributed by atoms with Crippen LogP contribution in [0.1, 0.15) is 42.7 Å². The number of hydrogen-bond donors (Lipinski definition) is 0. The second kappa shape index (κ2) is 10.1. The first kappa shape index (κ1) is 22.3. The molecule has 0 unspecified atom stereocenters. The summed E-state index contributed by atoms with van der Waals surface area (Å²) in [5.74, 6) is 2.43. The summed E-state index contributed by atoms with van der Waals surface area (Å²) in [5, 5.41) is 3.95. The average molecular weight is 440 g/mol. The Morgan fingerprint density at radius 1 is 1.06 bits per heavy atom. The highest BCUT2D eigenvalue weighted by molar-refractivity contribution is 5.79. The molecule has 172 valence electrons. The lowest BCUT2D eigenvalue weighted by molar-refractivity contribution is -0.132. The lowest BCUT2D eigenvalue weighted by Gasteiger charge is -2.36. The molecule has 0 aliphatic carbocycles. The van der Waals surface area contributed by atoms with E-state index < -0.39 is 0 Å². The van der Waals surface area contributed by atoms with Crippen LogP contribution in [-0.2, 0) is 16.0 Å². The molecule has 2 aromatic heterocycles. The maximum atomic E-state index is 12.8. The molecule has 0 radical (unpaired) electrons. The van der Waals surface area contributed by atoms with Gasteiger partial charge in [0.1, 0.15) is 11.6 Å². The largest absolute Gasteiger partial charge is 0.361 e. The number of aryl methyl sites for hydroxylation is 2. The standard InChI is InChI=1S/C24H33N5O3/c1-18-21(19(2)32-26-18)16-24(31)29-11-5-6-20(17-29)8-9-23(30)28-14-12-27(13-15-28)22-7-3-4-10-25-22/h3-4,7,10,20H,5-6,8-9,11-17H2,1-2H3/t20-/m0/s1. The number of hydrogen-bond acceptors (Lipinski definition) is 6. The summed E-state index contributed by atoms with van der Waals surface area (Å²) in [7, 11) is 0. The Morgan fingerprint density at radius 3 is 2.56 bits per heavy atom. The molecule has 0 spiro atoms. The molecule has 4 rings (SSSR count). The van der Waals surface area contributed by atoms with Crippen molar-refractivity contribution in [3.05, 3.63) is 41.4 Å². The highest BCUT2D eigenvalue weighted by Gasteiger charge is 2.27. The second-order valence-electron chi connectivity index (χ2n) is 8.92. The van der Waals surface area contributed by atoms with Crippen molar-refractivity contribution in [1.82, 2.24) is 19.9 Å².